The molecule has 114 valence electrons. The molecule has 4 nitrogen and oxygen atoms in total. The molecule has 0 radical (unpaired) electrons. The van der Waals surface area contributed by atoms with Crippen molar-refractivity contribution in [3.05, 3.63) is 0 Å². The second kappa shape index (κ2) is 8.84. The molecule has 0 saturated carbocycles. The van der Waals surface area contributed by atoms with E-state index in [9.17, 15) is 9.50 Å². The number of likely N-dealkylation sites (N-methyl/N-ethyl adjacent to an activating group) is 1. The minimum Gasteiger partial charge on any atom is -0.378 e. The average molecular weight is 275 g/mol. The van der Waals surface area contributed by atoms with Crippen LogP contribution in [0.3, 0.4) is 0 Å². The second-order valence-corrected chi connectivity index (χ2v) is 5.62. The summed E-state index contributed by atoms with van der Waals surface area (Å²) in [5.41, 5.74) is 0. The van der Waals surface area contributed by atoms with Gasteiger partial charge < -0.3 is 15.7 Å². The van der Waals surface area contributed by atoms with Crippen LogP contribution in [-0.4, -0.2) is 61.7 Å². The molecule has 0 spiro atoms. The lowest BCUT2D eigenvalue weighted by atomic mass is 9.97. The van der Waals surface area contributed by atoms with E-state index >= 15 is 0 Å². The summed E-state index contributed by atoms with van der Waals surface area (Å²) in [6.07, 6.45) is 1.23. The fourth-order valence-corrected chi connectivity index (χ4v) is 2.84. The summed E-state index contributed by atoms with van der Waals surface area (Å²) in [6.45, 7) is 6.87. The first kappa shape index (κ1) is 16.8. The lowest BCUT2D eigenvalue weighted by molar-refractivity contribution is -0.0603. The molecule has 0 aromatic heterocycles. The molecule has 3 N–H and O–H groups in total. The van der Waals surface area contributed by atoms with Gasteiger partial charge in [0.15, 0.2) is 0 Å². The van der Waals surface area contributed by atoms with E-state index in [1.165, 1.54) is 0 Å². The molecular weight excluding hydrogens is 245 g/mol. The van der Waals surface area contributed by atoms with E-state index in [0.717, 1.165) is 32.5 Å². The topological polar surface area (TPSA) is 47.5 Å². The Kier molecular flexibility index (Phi) is 7.83. The van der Waals surface area contributed by atoms with E-state index in [-0.39, 0.29) is 5.92 Å². The van der Waals surface area contributed by atoms with Crippen LogP contribution in [0.1, 0.15) is 33.1 Å². The van der Waals surface area contributed by atoms with Gasteiger partial charge in [0.1, 0.15) is 6.23 Å². The Morgan fingerprint density at radius 3 is 2.79 bits per heavy atom. The highest BCUT2D eigenvalue weighted by molar-refractivity contribution is 4.82. The van der Waals surface area contributed by atoms with Crippen molar-refractivity contribution in [2.75, 3.05) is 33.2 Å². The first-order chi connectivity index (χ1) is 9.08. The van der Waals surface area contributed by atoms with E-state index < -0.39 is 12.4 Å². The van der Waals surface area contributed by atoms with Crippen LogP contribution in [0.15, 0.2) is 0 Å². The van der Waals surface area contributed by atoms with E-state index in [1.807, 2.05) is 14.0 Å². The predicted octanol–water partition coefficient (Wildman–Crippen LogP) is 0.962. The fourth-order valence-electron chi connectivity index (χ4n) is 2.84. The SMILES string of the molecule is CCNCC(CC(C)F)C(O)N1CCC[C@@H](NC)C1. The summed E-state index contributed by atoms with van der Waals surface area (Å²) in [7, 11) is 1.96. The quantitative estimate of drug-likeness (QED) is 0.617. The van der Waals surface area contributed by atoms with Gasteiger partial charge in [0.05, 0.1) is 6.17 Å². The number of halogens is 1. The standard InChI is InChI=1S/C14H30FN3O/c1-4-17-9-12(8-11(2)15)14(19)18-7-5-6-13(10-18)16-3/h11-14,16-17,19H,4-10H2,1-3H3/t11?,12?,13-,14?/m1/s1. The minimum atomic E-state index is -0.872. The lowest BCUT2D eigenvalue weighted by Gasteiger charge is -2.39. The fraction of sp³-hybridized carbons (Fsp3) is 1.00. The van der Waals surface area contributed by atoms with Crippen LogP contribution >= 0.6 is 0 Å². The Morgan fingerprint density at radius 2 is 2.21 bits per heavy atom. The highest BCUT2D eigenvalue weighted by Crippen LogP contribution is 2.20. The molecule has 1 heterocycles. The number of nitrogens with one attached hydrogen (secondary N) is 2. The zero-order chi connectivity index (χ0) is 14.3. The van der Waals surface area contributed by atoms with Crippen LogP contribution in [0.2, 0.25) is 0 Å². The van der Waals surface area contributed by atoms with E-state index in [1.54, 1.807) is 6.92 Å². The molecule has 1 rings (SSSR count). The number of likely N-dealkylation sites (tertiary alicyclic amines) is 1. The molecule has 0 amide bonds. The molecule has 4 atom stereocenters. The van der Waals surface area contributed by atoms with E-state index in [0.29, 0.717) is 19.0 Å². The summed E-state index contributed by atoms with van der Waals surface area (Å²) < 4.78 is 13.3. The number of rotatable bonds is 8. The van der Waals surface area contributed by atoms with Gasteiger partial charge in [0.2, 0.25) is 0 Å². The van der Waals surface area contributed by atoms with Crippen molar-refractivity contribution < 1.29 is 9.50 Å². The second-order valence-electron chi connectivity index (χ2n) is 5.62. The third kappa shape index (κ3) is 5.73. The smallest absolute Gasteiger partial charge is 0.111 e. The van der Waals surface area contributed by atoms with Crippen molar-refractivity contribution in [1.82, 2.24) is 15.5 Å². The van der Waals surface area contributed by atoms with Crippen LogP contribution in [0.4, 0.5) is 4.39 Å². The molecule has 0 aromatic rings. The summed E-state index contributed by atoms with van der Waals surface area (Å²) in [5, 5.41) is 17.0. The number of nitrogens with zero attached hydrogens (tertiary/aromatic N) is 1. The zero-order valence-corrected chi connectivity index (χ0v) is 12.5. The Labute approximate surface area is 116 Å². The number of aliphatic hydroxyl groups excluding tert-OH is 1. The molecule has 0 bridgehead atoms. The maximum Gasteiger partial charge on any atom is 0.111 e. The van der Waals surface area contributed by atoms with Crippen LogP contribution in [0, 0.1) is 5.92 Å². The van der Waals surface area contributed by atoms with Crippen molar-refractivity contribution >= 4 is 0 Å². The first-order valence-corrected chi connectivity index (χ1v) is 7.52. The zero-order valence-electron chi connectivity index (χ0n) is 12.5. The molecule has 5 heteroatoms. The normalized spacial score (nSPS) is 26.1. The summed E-state index contributed by atoms with van der Waals surface area (Å²) in [5.74, 6) is -0.0458. The average Bonchev–Trinajstić information content (AvgIpc) is 2.42. The number of piperidine rings is 1. The third-order valence-electron chi connectivity index (χ3n) is 3.94. The minimum absolute atomic E-state index is 0.0458. The van der Waals surface area contributed by atoms with Crippen LogP contribution < -0.4 is 10.6 Å². The molecule has 0 aromatic carbocycles. The first-order valence-electron chi connectivity index (χ1n) is 7.52. The Hall–Kier alpha value is -0.230. The molecule has 1 saturated heterocycles. The van der Waals surface area contributed by atoms with Gasteiger partial charge in [-0.1, -0.05) is 6.92 Å². The molecule has 19 heavy (non-hydrogen) atoms. The summed E-state index contributed by atoms with van der Waals surface area (Å²) in [6, 6.07) is 0.436. The van der Waals surface area contributed by atoms with Gasteiger partial charge in [0, 0.05) is 31.6 Å². The maximum atomic E-state index is 13.3. The van der Waals surface area contributed by atoms with Gasteiger partial charge in [-0.05, 0) is 39.8 Å². The van der Waals surface area contributed by atoms with Crippen LogP contribution in [-0.2, 0) is 0 Å². The monoisotopic (exact) mass is 275 g/mol. The molecule has 1 aliphatic heterocycles. The Bertz CT molecular complexity index is 241. The van der Waals surface area contributed by atoms with Crippen molar-refractivity contribution in [3.63, 3.8) is 0 Å². The van der Waals surface area contributed by atoms with Crippen molar-refractivity contribution in [2.24, 2.45) is 5.92 Å². The van der Waals surface area contributed by atoms with Gasteiger partial charge in [-0.3, -0.25) is 4.90 Å². The highest BCUT2D eigenvalue weighted by Gasteiger charge is 2.30. The molecular formula is C14H30FN3O. The van der Waals surface area contributed by atoms with Gasteiger partial charge in [-0.25, -0.2) is 4.39 Å². The van der Waals surface area contributed by atoms with Crippen molar-refractivity contribution in [3.8, 4) is 0 Å². The van der Waals surface area contributed by atoms with Crippen LogP contribution in [0.25, 0.3) is 0 Å². The van der Waals surface area contributed by atoms with Crippen molar-refractivity contribution in [1.29, 1.82) is 0 Å². The van der Waals surface area contributed by atoms with Crippen molar-refractivity contribution in [2.45, 2.75) is 51.6 Å². The summed E-state index contributed by atoms with van der Waals surface area (Å²) in [4.78, 5) is 2.09. The number of aliphatic hydroxyl groups is 1. The molecule has 1 aliphatic rings. The number of hydrogen-bond donors (Lipinski definition) is 3. The number of alkyl halides is 1. The Morgan fingerprint density at radius 1 is 1.47 bits per heavy atom. The summed E-state index contributed by atoms with van der Waals surface area (Å²) >= 11 is 0. The maximum absolute atomic E-state index is 13.3. The molecule has 3 unspecified atom stereocenters. The largest absolute Gasteiger partial charge is 0.378 e. The third-order valence-corrected chi connectivity index (χ3v) is 3.94. The van der Waals surface area contributed by atoms with E-state index in [2.05, 4.69) is 15.5 Å². The molecule has 1 fully saturated rings. The lowest BCUT2D eigenvalue weighted by Crippen LogP contribution is -2.52. The predicted molar refractivity (Wildman–Crippen MR) is 76.9 cm³/mol. The van der Waals surface area contributed by atoms with Crippen LogP contribution in [0.5, 0.6) is 0 Å². The van der Waals surface area contributed by atoms with Gasteiger partial charge >= 0.3 is 0 Å². The highest BCUT2D eigenvalue weighted by atomic mass is 19.1. The molecule has 0 aliphatic carbocycles. The van der Waals surface area contributed by atoms with Gasteiger partial charge in [-0.15, -0.1) is 0 Å². The Balaban J connectivity index is 2.55. The van der Waals surface area contributed by atoms with Gasteiger partial charge in [0.25, 0.3) is 0 Å². The number of hydrogen-bond acceptors (Lipinski definition) is 4. The van der Waals surface area contributed by atoms with E-state index in [4.69, 9.17) is 0 Å². The van der Waals surface area contributed by atoms with Gasteiger partial charge in [-0.2, -0.15) is 0 Å².